The van der Waals surface area contributed by atoms with Crippen LogP contribution in [0.4, 0.5) is 0 Å². The van der Waals surface area contributed by atoms with E-state index in [1.807, 2.05) is 69.3 Å². The molecule has 0 amide bonds. The van der Waals surface area contributed by atoms with Gasteiger partial charge in [0.25, 0.3) is 0 Å². The summed E-state index contributed by atoms with van der Waals surface area (Å²) >= 11 is 0. The third kappa shape index (κ3) is 6.95. The summed E-state index contributed by atoms with van der Waals surface area (Å²) in [5.41, 5.74) is 3.91. The van der Waals surface area contributed by atoms with Crippen LogP contribution in [0.2, 0.25) is 0 Å². The summed E-state index contributed by atoms with van der Waals surface area (Å²) in [6.45, 7) is 12.3. The molecular weight excluding hydrogens is 556 g/mol. The summed E-state index contributed by atoms with van der Waals surface area (Å²) in [7, 11) is -3.70. The quantitative estimate of drug-likeness (QED) is 0.188. The van der Waals surface area contributed by atoms with E-state index in [1.54, 1.807) is 61.2 Å². The minimum absolute atomic E-state index is 0.0656. The molecule has 0 spiro atoms. The van der Waals surface area contributed by atoms with E-state index >= 15 is 0 Å². The summed E-state index contributed by atoms with van der Waals surface area (Å²) < 4.78 is 39.6. The summed E-state index contributed by atoms with van der Waals surface area (Å²) in [5.74, 6) is 1.75. The van der Waals surface area contributed by atoms with E-state index in [0.29, 0.717) is 17.2 Å². The molecule has 2 heterocycles. The van der Waals surface area contributed by atoms with Gasteiger partial charge in [-0.05, 0) is 92.4 Å². The number of hydrogen-bond donors (Lipinski definition) is 0. The van der Waals surface area contributed by atoms with Crippen LogP contribution in [0.15, 0.2) is 120 Å². The van der Waals surface area contributed by atoms with Crippen LogP contribution in [0.1, 0.15) is 47.1 Å². The lowest BCUT2D eigenvalue weighted by Gasteiger charge is -2.25. The molecule has 0 aliphatic carbocycles. The molecule has 0 fully saturated rings. The van der Waals surface area contributed by atoms with Gasteiger partial charge in [0.2, 0.25) is 9.84 Å². The Balaban J connectivity index is 1.53. The number of sulfone groups is 1. The van der Waals surface area contributed by atoms with Crippen molar-refractivity contribution in [1.29, 1.82) is 0 Å². The van der Waals surface area contributed by atoms with Crippen molar-refractivity contribution < 1.29 is 17.9 Å². The van der Waals surface area contributed by atoms with E-state index in [1.165, 1.54) is 0 Å². The zero-order chi connectivity index (χ0) is 30.8. The largest absolute Gasteiger partial charge is 0.487 e. The molecule has 2 aromatic heterocycles. The summed E-state index contributed by atoms with van der Waals surface area (Å²) in [6, 6.07) is 25.1. The zero-order valence-corrected chi connectivity index (χ0v) is 26.1. The molecule has 0 saturated carbocycles. The fourth-order valence-corrected chi connectivity index (χ4v) is 5.90. The van der Waals surface area contributed by atoms with Crippen molar-refractivity contribution in [2.75, 3.05) is 0 Å². The number of nitrogens with zero attached hydrogens (tertiary/aromatic N) is 2. The van der Waals surface area contributed by atoms with Crippen LogP contribution in [0.25, 0.3) is 22.3 Å². The molecule has 3 aromatic carbocycles. The van der Waals surface area contributed by atoms with E-state index in [4.69, 9.17) is 9.47 Å². The van der Waals surface area contributed by atoms with Gasteiger partial charge in [-0.25, -0.2) is 8.42 Å². The lowest BCUT2D eigenvalue weighted by atomic mass is 9.87. The van der Waals surface area contributed by atoms with Gasteiger partial charge in [0.1, 0.15) is 22.8 Å². The Morgan fingerprint density at radius 3 is 1.58 bits per heavy atom. The van der Waals surface area contributed by atoms with Crippen LogP contribution < -0.4 is 9.47 Å². The first-order valence-corrected chi connectivity index (χ1v) is 15.6. The third-order valence-corrected chi connectivity index (χ3v) is 8.62. The first kappa shape index (κ1) is 30.0. The normalized spacial score (nSPS) is 12.1. The Bertz CT molecular complexity index is 1810. The number of ether oxygens (including phenoxy) is 2. The molecule has 0 aliphatic rings. The van der Waals surface area contributed by atoms with Crippen LogP contribution in [-0.2, 0) is 15.3 Å². The second kappa shape index (κ2) is 11.7. The Labute approximate surface area is 254 Å². The van der Waals surface area contributed by atoms with Crippen molar-refractivity contribution in [2.24, 2.45) is 0 Å². The van der Waals surface area contributed by atoms with Crippen LogP contribution in [0, 0.1) is 0 Å². The van der Waals surface area contributed by atoms with Gasteiger partial charge in [-0.3, -0.25) is 9.97 Å². The highest BCUT2D eigenvalue weighted by Gasteiger charge is 2.22. The van der Waals surface area contributed by atoms with Crippen molar-refractivity contribution in [3.05, 3.63) is 115 Å². The van der Waals surface area contributed by atoms with Gasteiger partial charge in [-0.15, -0.1) is 0 Å². The molecule has 5 aromatic rings. The molecule has 43 heavy (non-hydrogen) atoms. The molecule has 0 aliphatic heterocycles. The number of benzene rings is 3. The summed E-state index contributed by atoms with van der Waals surface area (Å²) in [6.07, 6.45) is 7.00. The molecule has 0 saturated heterocycles. The zero-order valence-electron chi connectivity index (χ0n) is 25.3. The molecule has 0 atom stereocenters. The van der Waals surface area contributed by atoms with Crippen molar-refractivity contribution in [3.8, 4) is 39.5 Å². The van der Waals surface area contributed by atoms with E-state index in [0.717, 1.165) is 27.8 Å². The highest BCUT2D eigenvalue weighted by molar-refractivity contribution is 7.91. The maximum absolute atomic E-state index is 13.4. The summed E-state index contributed by atoms with van der Waals surface area (Å²) in [5, 5.41) is 0. The Kier molecular flexibility index (Phi) is 8.12. The van der Waals surface area contributed by atoms with E-state index in [-0.39, 0.29) is 15.2 Å². The van der Waals surface area contributed by atoms with Crippen LogP contribution >= 0.6 is 0 Å². The fraction of sp³-hybridized carbons (Fsp3) is 0.222. The number of pyridine rings is 2. The van der Waals surface area contributed by atoms with Gasteiger partial charge in [0.05, 0.1) is 9.79 Å². The van der Waals surface area contributed by atoms with E-state index < -0.39 is 15.4 Å². The maximum Gasteiger partial charge on any atom is 0.206 e. The summed E-state index contributed by atoms with van der Waals surface area (Å²) in [4.78, 5) is 9.06. The minimum atomic E-state index is -3.70. The topological polar surface area (TPSA) is 78.4 Å². The van der Waals surface area contributed by atoms with Gasteiger partial charge in [-0.1, -0.05) is 45.0 Å². The molecule has 0 unspecified atom stereocenters. The average molecular weight is 593 g/mol. The molecule has 7 heteroatoms. The lowest BCUT2D eigenvalue weighted by Crippen LogP contribution is -2.23. The third-order valence-electron chi connectivity index (χ3n) is 6.84. The molecule has 220 valence electrons. The molecule has 0 N–H and O–H groups in total. The SMILES string of the molecule is CC(C)(C)Oc1cc(-c2cccnc2)c(Oc2ccc(S(=O)(=O)c3ccc(C(C)(C)C)cc3)cc2)cc1-c1cccnc1. The first-order chi connectivity index (χ1) is 20.3. The second-order valence-corrected chi connectivity index (χ2v) is 14.3. The van der Waals surface area contributed by atoms with Gasteiger partial charge >= 0.3 is 0 Å². The van der Waals surface area contributed by atoms with Crippen molar-refractivity contribution in [1.82, 2.24) is 9.97 Å². The van der Waals surface area contributed by atoms with Gasteiger partial charge in [0, 0.05) is 47.0 Å². The Hall–Kier alpha value is -4.49. The first-order valence-electron chi connectivity index (χ1n) is 14.1. The highest BCUT2D eigenvalue weighted by atomic mass is 32.2. The van der Waals surface area contributed by atoms with Crippen molar-refractivity contribution in [3.63, 3.8) is 0 Å². The number of hydrogen-bond acceptors (Lipinski definition) is 6. The molecule has 5 rings (SSSR count). The molecular formula is C36H36N2O4S. The average Bonchev–Trinajstić information content (AvgIpc) is 2.98. The lowest BCUT2D eigenvalue weighted by molar-refractivity contribution is 0.131. The van der Waals surface area contributed by atoms with Crippen LogP contribution in [0.5, 0.6) is 17.2 Å². The Morgan fingerprint density at radius 2 is 1.12 bits per heavy atom. The standard InChI is InChI=1S/C36H36N2O4S/c1-35(2,3)27-11-15-29(16-12-27)43(39,40)30-17-13-28(14-18-30)41-33-21-32(26-10-8-20-38-24-26)34(42-36(4,5)6)22-31(33)25-9-7-19-37-23-25/h7-24H,1-6H3. The Morgan fingerprint density at radius 1 is 0.628 bits per heavy atom. The van der Waals surface area contributed by atoms with Crippen LogP contribution in [-0.4, -0.2) is 24.0 Å². The van der Waals surface area contributed by atoms with Crippen LogP contribution in [0.3, 0.4) is 0 Å². The van der Waals surface area contributed by atoms with Gasteiger partial charge < -0.3 is 9.47 Å². The molecule has 6 nitrogen and oxygen atoms in total. The monoisotopic (exact) mass is 592 g/mol. The molecule has 0 bridgehead atoms. The minimum Gasteiger partial charge on any atom is -0.487 e. The van der Waals surface area contributed by atoms with Gasteiger partial charge in [-0.2, -0.15) is 0 Å². The number of aromatic nitrogens is 2. The maximum atomic E-state index is 13.4. The fourth-order valence-electron chi connectivity index (χ4n) is 4.64. The van der Waals surface area contributed by atoms with Crippen molar-refractivity contribution >= 4 is 9.84 Å². The molecule has 0 radical (unpaired) electrons. The predicted octanol–water partition coefficient (Wildman–Crippen LogP) is 8.91. The second-order valence-electron chi connectivity index (χ2n) is 12.4. The smallest absolute Gasteiger partial charge is 0.206 e. The van der Waals surface area contributed by atoms with Gasteiger partial charge in [0.15, 0.2) is 0 Å². The number of rotatable bonds is 7. The predicted molar refractivity (Wildman–Crippen MR) is 170 cm³/mol. The highest BCUT2D eigenvalue weighted by Crippen LogP contribution is 2.43. The van der Waals surface area contributed by atoms with Crippen molar-refractivity contribution in [2.45, 2.75) is 62.3 Å². The van der Waals surface area contributed by atoms with E-state index in [9.17, 15) is 8.42 Å². The van der Waals surface area contributed by atoms with E-state index in [2.05, 4.69) is 30.7 Å².